The molecular formula is C31H50N4O5. The van der Waals surface area contributed by atoms with E-state index in [1.165, 1.54) is 12.0 Å². The molecule has 4 aliphatic rings. The van der Waals surface area contributed by atoms with Crippen LogP contribution in [0.1, 0.15) is 77.9 Å². The van der Waals surface area contributed by atoms with Crippen LogP contribution in [0.4, 0.5) is 4.79 Å². The van der Waals surface area contributed by atoms with Crippen LogP contribution in [0.5, 0.6) is 0 Å². The molecule has 1 saturated carbocycles. The van der Waals surface area contributed by atoms with E-state index in [9.17, 15) is 4.79 Å². The van der Waals surface area contributed by atoms with Gasteiger partial charge in [0.05, 0.1) is 30.4 Å². The summed E-state index contributed by atoms with van der Waals surface area (Å²) >= 11 is 0. The second-order valence-electron chi connectivity index (χ2n) is 13.5. The lowest BCUT2D eigenvalue weighted by Gasteiger charge is -2.42. The summed E-state index contributed by atoms with van der Waals surface area (Å²) in [6.07, 6.45) is 6.96. The fourth-order valence-corrected chi connectivity index (χ4v) is 7.27. The summed E-state index contributed by atoms with van der Waals surface area (Å²) in [6.45, 7) is 16.6. The fourth-order valence-electron chi connectivity index (χ4n) is 7.27. The summed E-state index contributed by atoms with van der Waals surface area (Å²) in [7, 11) is 3.89. The normalized spacial score (nSPS) is 36.1. The average molecular weight is 559 g/mol. The highest BCUT2D eigenvalue weighted by atomic mass is 16.6. The largest absolute Gasteiger partial charge is 0.443 e. The Hall–Kier alpha value is -1.94. The lowest BCUT2D eigenvalue weighted by molar-refractivity contribution is -0.118. The maximum Gasteiger partial charge on any atom is 0.408 e. The molecule has 3 saturated heterocycles. The van der Waals surface area contributed by atoms with E-state index in [-0.39, 0.29) is 47.4 Å². The second kappa shape index (κ2) is 11.4. The van der Waals surface area contributed by atoms with Gasteiger partial charge in [-0.2, -0.15) is 0 Å². The zero-order valence-corrected chi connectivity index (χ0v) is 25.7. The minimum absolute atomic E-state index is 0.000915. The number of allylic oxidation sites excluding steroid dienone is 1. The van der Waals surface area contributed by atoms with Crippen molar-refractivity contribution in [2.45, 2.75) is 109 Å². The quantitative estimate of drug-likeness (QED) is 0.330. The lowest BCUT2D eigenvalue weighted by atomic mass is 9.68. The Morgan fingerprint density at radius 3 is 2.67 bits per heavy atom. The van der Waals surface area contributed by atoms with Gasteiger partial charge in [-0.05, 0) is 78.8 Å². The SMILES string of the molecule is CO[C@@H]1[C@H](OC(=O)N[C@H](c2cn(C[C@H]3CCN(C)C3)c(C)n2)C(C)C)CC[C@]2(CO2)[C@H]1[C@@]1(C)O[C@@H]1CC=C(C)C. The molecular weight excluding hydrogens is 508 g/mol. The molecule has 8 atom stereocenters. The zero-order chi connectivity index (χ0) is 28.8. The lowest BCUT2D eigenvalue weighted by Crippen LogP contribution is -2.56. The Labute approximate surface area is 240 Å². The van der Waals surface area contributed by atoms with Crippen molar-refractivity contribution in [3.8, 4) is 0 Å². The molecule has 4 heterocycles. The number of carbonyl (C=O) groups excluding carboxylic acids is 1. The molecule has 1 aromatic heterocycles. The van der Waals surface area contributed by atoms with Gasteiger partial charge in [-0.25, -0.2) is 9.78 Å². The first kappa shape index (κ1) is 29.5. The minimum Gasteiger partial charge on any atom is -0.443 e. The number of nitrogens with zero attached hydrogens (tertiary/aromatic N) is 3. The van der Waals surface area contributed by atoms with Crippen LogP contribution in [-0.2, 0) is 25.5 Å². The summed E-state index contributed by atoms with van der Waals surface area (Å²) in [5.41, 5.74) is 1.56. The van der Waals surface area contributed by atoms with Crippen molar-refractivity contribution < 1.29 is 23.7 Å². The Bertz CT molecular complexity index is 1090. The van der Waals surface area contributed by atoms with Gasteiger partial charge in [0, 0.05) is 26.4 Å². The molecule has 0 unspecified atom stereocenters. The Morgan fingerprint density at radius 1 is 1.32 bits per heavy atom. The van der Waals surface area contributed by atoms with Crippen molar-refractivity contribution in [1.82, 2.24) is 19.8 Å². The number of nitrogens with one attached hydrogen (secondary N) is 1. The third-order valence-corrected chi connectivity index (χ3v) is 9.69. The maximum absolute atomic E-state index is 13.4. The minimum atomic E-state index is -0.426. The van der Waals surface area contributed by atoms with Gasteiger partial charge in [-0.1, -0.05) is 25.5 Å². The molecule has 9 nitrogen and oxygen atoms in total. The van der Waals surface area contributed by atoms with Gasteiger partial charge in [-0.15, -0.1) is 0 Å². The van der Waals surface area contributed by atoms with Crippen LogP contribution in [-0.4, -0.2) is 83.9 Å². The summed E-state index contributed by atoms with van der Waals surface area (Å²) in [5.74, 6) is 1.77. The number of likely N-dealkylation sites (tertiary alicyclic amines) is 1. The summed E-state index contributed by atoms with van der Waals surface area (Å²) in [5, 5.41) is 3.14. The van der Waals surface area contributed by atoms with E-state index in [0.29, 0.717) is 18.9 Å². The van der Waals surface area contributed by atoms with Crippen LogP contribution in [0.3, 0.4) is 0 Å². The predicted molar refractivity (Wildman–Crippen MR) is 153 cm³/mol. The molecule has 0 radical (unpaired) electrons. The molecule has 1 aliphatic carbocycles. The number of carbonyl (C=O) groups is 1. The number of amides is 1. The van der Waals surface area contributed by atoms with Crippen molar-refractivity contribution in [1.29, 1.82) is 0 Å². The van der Waals surface area contributed by atoms with Crippen LogP contribution in [0, 0.1) is 24.7 Å². The molecule has 4 fully saturated rings. The predicted octanol–water partition coefficient (Wildman–Crippen LogP) is 4.64. The van der Waals surface area contributed by atoms with E-state index in [2.05, 4.69) is 68.7 Å². The number of aryl methyl sites for hydroxylation is 1. The highest BCUT2D eigenvalue weighted by Gasteiger charge is 2.72. The second-order valence-corrected chi connectivity index (χ2v) is 13.5. The summed E-state index contributed by atoms with van der Waals surface area (Å²) in [6, 6.07) is -0.241. The third kappa shape index (κ3) is 5.98. The number of rotatable bonds is 10. The molecule has 9 heteroatoms. The van der Waals surface area contributed by atoms with Gasteiger partial charge in [0.25, 0.3) is 0 Å². The molecule has 1 amide bonds. The van der Waals surface area contributed by atoms with E-state index in [1.54, 1.807) is 7.11 Å². The van der Waals surface area contributed by atoms with Gasteiger partial charge < -0.3 is 33.7 Å². The molecule has 1 N–H and O–H groups in total. The van der Waals surface area contributed by atoms with Crippen molar-refractivity contribution in [3.05, 3.63) is 29.4 Å². The summed E-state index contributed by atoms with van der Waals surface area (Å²) in [4.78, 5) is 20.6. The van der Waals surface area contributed by atoms with Crippen LogP contribution < -0.4 is 5.32 Å². The number of aromatic nitrogens is 2. The number of hydrogen-bond donors (Lipinski definition) is 1. The van der Waals surface area contributed by atoms with Crippen LogP contribution in [0.2, 0.25) is 0 Å². The van der Waals surface area contributed by atoms with Gasteiger partial charge in [0.2, 0.25) is 0 Å². The monoisotopic (exact) mass is 558 g/mol. The Balaban J connectivity index is 1.25. The number of epoxide rings is 2. The maximum atomic E-state index is 13.4. The highest BCUT2D eigenvalue weighted by Crippen LogP contribution is 2.59. The highest BCUT2D eigenvalue weighted by molar-refractivity contribution is 5.68. The molecule has 5 rings (SSSR count). The zero-order valence-electron chi connectivity index (χ0n) is 25.7. The third-order valence-electron chi connectivity index (χ3n) is 9.69. The molecule has 1 aromatic rings. The van der Waals surface area contributed by atoms with E-state index >= 15 is 0 Å². The number of ether oxygens (including phenoxy) is 4. The molecule has 0 aromatic carbocycles. The van der Waals surface area contributed by atoms with Crippen molar-refractivity contribution >= 4 is 6.09 Å². The van der Waals surface area contributed by atoms with Gasteiger partial charge in [-0.3, -0.25) is 0 Å². The fraction of sp³-hybridized carbons (Fsp3) is 0.806. The first-order valence-corrected chi connectivity index (χ1v) is 15.1. The van der Waals surface area contributed by atoms with Crippen LogP contribution in [0.25, 0.3) is 0 Å². The molecule has 224 valence electrons. The standard InChI is InChI=1S/C31H50N4O5/c1-19(2)9-10-25-30(6,40-25)28-27(37-8)24(11-13-31(28)18-38-31)39-29(36)33-26(20(3)4)23-17-35(21(5)32-23)16-22-12-14-34(7)15-22/h9,17,20,22,24-28H,10-16,18H2,1-8H3,(H,33,36)/t22-,24+,25+,26-,27+,28+,30-,31-/m0/s1. The Morgan fingerprint density at radius 2 is 2.08 bits per heavy atom. The van der Waals surface area contributed by atoms with E-state index < -0.39 is 6.09 Å². The van der Waals surface area contributed by atoms with Gasteiger partial charge >= 0.3 is 6.09 Å². The molecule has 3 aliphatic heterocycles. The van der Waals surface area contributed by atoms with E-state index in [1.807, 2.05) is 6.92 Å². The Kier molecular flexibility index (Phi) is 8.41. The van der Waals surface area contributed by atoms with Crippen LogP contribution in [0.15, 0.2) is 17.8 Å². The van der Waals surface area contributed by atoms with E-state index in [4.69, 9.17) is 23.9 Å². The number of alkyl carbamates (subject to hydrolysis) is 1. The van der Waals surface area contributed by atoms with Gasteiger partial charge in [0.1, 0.15) is 29.2 Å². The molecule has 1 spiro atoms. The first-order valence-electron chi connectivity index (χ1n) is 15.1. The number of imidazole rings is 1. The number of hydrogen-bond acceptors (Lipinski definition) is 7. The summed E-state index contributed by atoms with van der Waals surface area (Å²) < 4.78 is 26.8. The first-order chi connectivity index (χ1) is 19.0. The van der Waals surface area contributed by atoms with Gasteiger partial charge in [0.15, 0.2) is 0 Å². The van der Waals surface area contributed by atoms with Crippen molar-refractivity contribution in [3.63, 3.8) is 0 Å². The van der Waals surface area contributed by atoms with Crippen LogP contribution >= 0.6 is 0 Å². The average Bonchev–Trinajstić information content (AvgIpc) is 3.71. The number of methoxy groups -OCH3 is 1. The van der Waals surface area contributed by atoms with E-state index in [0.717, 1.165) is 44.0 Å². The molecule has 40 heavy (non-hydrogen) atoms. The van der Waals surface area contributed by atoms with Crippen molar-refractivity contribution in [2.75, 3.05) is 33.9 Å². The molecule has 0 bridgehead atoms. The van der Waals surface area contributed by atoms with Crippen molar-refractivity contribution in [2.24, 2.45) is 17.8 Å². The topological polar surface area (TPSA) is 93.7 Å². The smallest absolute Gasteiger partial charge is 0.408 e.